The number of hydrogen-bond acceptors (Lipinski definition) is 7. The monoisotopic (exact) mass is 447 g/mol. The van der Waals surface area contributed by atoms with Crippen LogP contribution in [0.1, 0.15) is 31.7 Å². The molecular weight excluding hydrogens is 418 g/mol. The zero-order valence-electron chi connectivity index (χ0n) is 18.5. The summed E-state index contributed by atoms with van der Waals surface area (Å²) >= 11 is 0. The van der Waals surface area contributed by atoms with E-state index in [1.54, 1.807) is 0 Å². The number of carboxylic acids is 1. The second-order valence-electron chi connectivity index (χ2n) is 7.11. The second kappa shape index (κ2) is 14.4. The Morgan fingerprint density at radius 3 is 2.12 bits per heavy atom. The number of carbonyl (C=O) groups excluding carboxylic acids is 1. The van der Waals surface area contributed by atoms with Crippen molar-refractivity contribution in [1.82, 2.24) is 0 Å². The highest BCUT2D eigenvalue weighted by molar-refractivity contribution is 5.69. The number of carboxylic acid groups (broad SMARTS) is 1. The summed E-state index contributed by atoms with van der Waals surface area (Å²) in [5.74, 6) is 0.290. The highest BCUT2D eigenvalue weighted by atomic mass is 16.6. The lowest BCUT2D eigenvalue weighted by Crippen LogP contribution is -2.14. The molecule has 32 heavy (non-hydrogen) atoms. The zero-order valence-corrected chi connectivity index (χ0v) is 18.5. The Hall–Kier alpha value is -3.62. The summed E-state index contributed by atoms with van der Waals surface area (Å²) in [4.78, 5) is 31.2. The molecule has 0 spiro atoms. The van der Waals surface area contributed by atoms with Crippen molar-refractivity contribution in [2.24, 2.45) is 5.92 Å². The van der Waals surface area contributed by atoms with Gasteiger partial charge in [0, 0.05) is 24.5 Å². The molecule has 0 saturated heterocycles. The minimum Gasteiger partial charge on any atom is -0.494 e. The number of nitro groups is 1. The molecule has 2 aromatic rings. The predicted molar refractivity (Wildman–Crippen MR) is 118 cm³/mol. The summed E-state index contributed by atoms with van der Waals surface area (Å²) in [5, 5.41) is 18.8. The lowest BCUT2D eigenvalue weighted by molar-refractivity contribution is -0.384. The number of benzene rings is 2. The molecule has 0 aliphatic rings. The van der Waals surface area contributed by atoms with Gasteiger partial charge in [-0.3, -0.25) is 19.7 Å². The van der Waals surface area contributed by atoms with Crippen LogP contribution in [0.2, 0.25) is 0 Å². The third kappa shape index (κ3) is 11.5. The molecule has 0 heterocycles. The number of ether oxygens (including phenoxy) is 3. The zero-order chi connectivity index (χ0) is 23.9. The first-order chi connectivity index (χ1) is 15.2. The maximum Gasteiger partial charge on any atom is 0.305 e. The summed E-state index contributed by atoms with van der Waals surface area (Å²) in [6, 6.07) is 13.5. The number of esters is 1. The molecule has 2 rings (SSSR count). The molecule has 1 atom stereocenters. The number of nitro benzene ring substituents is 1. The number of methoxy groups -OCH3 is 1. The number of rotatable bonds is 11. The molecule has 9 heteroatoms. The molecular formula is C23H29NO8. The van der Waals surface area contributed by atoms with E-state index in [-0.39, 0.29) is 30.4 Å². The first-order valence-electron chi connectivity index (χ1n) is 10.1. The molecule has 1 unspecified atom stereocenters. The van der Waals surface area contributed by atoms with E-state index in [1.165, 1.54) is 36.9 Å². The van der Waals surface area contributed by atoms with Crippen molar-refractivity contribution in [3.05, 3.63) is 64.2 Å². The van der Waals surface area contributed by atoms with Crippen LogP contribution in [0.4, 0.5) is 5.69 Å². The quantitative estimate of drug-likeness (QED) is 0.232. The molecule has 0 radical (unpaired) electrons. The van der Waals surface area contributed by atoms with Crippen LogP contribution < -0.4 is 9.47 Å². The van der Waals surface area contributed by atoms with E-state index in [4.69, 9.17) is 14.6 Å². The summed E-state index contributed by atoms with van der Waals surface area (Å²) in [6.07, 6.45) is 0.985. The number of carbonyl (C=O) groups is 2. The van der Waals surface area contributed by atoms with Crippen molar-refractivity contribution in [2.45, 2.75) is 33.1 Å². The second-order valence-corrected chi connectivity index (χ2v) is 7.11. The van der Waals surface area contributed by atoms with Crippen molar-refractivity contribution in [3.63, 3.8) is 0 Å². The number of non-ortho nitro benzene ring substituents is 1. The van der Waals surface area contributed by atoms with Crippen LogP contribution >= 0.6 is 0 Å². The summed E-state index contributed by atoms with van der Waals surface area (Å²) in [7, 11) is 1.34. The fourth-order valence-corrected chi connectivity index (χ4v) is 2.38. The topological polar surface area (TPSA) is 125 Å². The van der Waals surface area contributed by atoms with Gasteiger partial charge in [0.05, 0.1) is 31.7 Å². The van der Waals surface area contributed by atoms with Crippen LogP contribution in [-0.4, -0.2) is 42.3 Å². The van der Waals surface area contributed by atoms with Gasteiger partial charge in [-0.25, -0.2) is 0 Å². The lowest BCUT2D eigenvalue weighted by atomic mass is 10.1. The molecule has 0 bridgehead atoms. The lowest BCUT2D eigenvalue weighted by Gasteiger charge is -2.11. The Bertz CT molecular complexity index is 849. The number of hydrogen-bond donors (Lipinski definition) is 1. The molecule has 174 valence electrons. The van der Waals surface area contributed by atoms with Gasteiger partial charge < -0.3 is 19.3 Å². The van der Waals surface area contributed by atoms with Crippen LogP contribution in [0.25, 0.3) is 0 Å². The van der Waals surface area contributed by atoms with Gasteiger partial charge in [-0.1, -0.05) is 24.6 Å². The fraction of sp³-hybridized carbons (Fsp3) is 0.391. The van der Waals surface area contributed by atoms with Crippen LogP contribution in [-0.2, 0) is 14.3 Å². The van der Waals surface area contributed by atoms with Gasteiger partial charge in [-0.05, 0) is 37.6 Å². The third-order valence-corrected chi connectivity index (χ3v) is 4.15. The maximum absolute atomic E-state index is 11.0. The standard InChI is InChI=1S/C12H15NO5.C11H14O3/c1-9(7-12(14)17-2)8-18-11-5-3-10(4-6-11)13(15)16;1-9-4-6-10(7-5-9)14-8-2-3-11(12)13/h3-6,9H,7-8H2,1-2H3;4-7H,2-3,8H2,1H3,(H,12,13). The Kier molecular flexibility index (Phi) is 11.9. The van der Waals surface area contributed by atoms with E-state index in [2.05, 4.69) is 4.74 Å². The molecule has 1 N–H and O–H groups in total. The highest BCUT2D eigenvalue weighted by Gasteiger charge is 2.10. The Balaban J connectivity index is 0.000000330. The SMILES string of the molecule is COC(=O)CC(C)COc1ccc([N+](=O)[O-])cc1.Cc1ccc(OCCCC(=O)O)cc1. The van der Waals surface area contributed by atoms with Crippen LogP contribution in [0.5, 0.6) is 11.5 Å². The van der Waals surface area contributed by atoms with Crippen molar-refractivity contribution >= 4 is 17.6 Å². The first kappa shape index (κ1) is 26.4. The largest absolute Gasteiger partial charge is 0.494 e. The van der Waals surface area contributed by atoms with Gasteiger partial charge >= 0.3 is 11.9 Å². The van der Waals surface area contributed by atoms with Crippen LogP contribution in [0.15, 0.2) is 48.5 Å². The molecule has 9 nitrogen and oxygen atoms in total. The van der Waals surface area contributed by atoms with Crippen LogP contribution in [0.3, 0.4) is 0 Å². The molecule has 0 fully saturated rings. The molecule has 2 aromatic carbocycles. The first-order valence-corrected chi connectivity index (χ1v) is 10.1. The van der Waals surface area contributed by atoms with E-state index in [0.29, 0.717) is 25.4 Å². The van der Waals surface area contributed by atoms with Gasteiger partial charge in [-0.2, -0.15) is 0 Å². The van der Waals surface area contributed by atoms with Gasteiger partial charge in [0.2, 0.25) is 0 Å². The van der Waals surface area contributed by atoms with Crippen LogP contribution in [0, 0.1) is 23.0 Å². The average molecular weight is 447 g/mol. The van der Waals surface area contributed by atoms with Gasteiger partial charge in [-0.15, -0.1) is 0 Å². The minimum atomic E-state index is -0.780. The van der Waals surface area contributed by atoms with E-state index in [1.807, 2.05) is 38.1 Å². The van der Waals surface area contributed by atoms with Crippen molar-refractivity contribution in [2.75, 3.05) is 20.3 Å². The summed E-state index contributed by atoms with van der Waals surface area (Å²) in [5.41, 5.74) is 1.20. The van der Waals surface area contributed by atoms with Crippen molar-refractivity contribution in [1.29, 1.82) is 0 Å². The number of nitrogens with zero attached hydrogens (tertiary/aromatic N) is 1. The van der Waals surface area contributed by atoms with E-state index < -0.39 is 10.9 Å². The molecule has 0 aromatic heterocycles. The van der Waals surface area contributed by atoms with Crippen molar-refractivity contribution < 1.29 is 33.8 Å². The number of aryl methyl sites for hydroxylation is 1. The maximum atomic E-state index is 11.0. The van der Waals surface area contributed by atoms with Gasteiger partial charge in [0.15, 0.2) is 0 Å². The normalized spacial score (nSPS) is 10.8. The summed E-state index contributed by atoms with van der Waals surface area (Å²) < 4.78 is 15.3. The Morgan fingerprint density at radius 2 is 1.59 bits per heavy atom. The van der Waals surface area contributed by atoms with Gasteiger partial charge in [0.25, 0.3) is 5.69 Å². The average Bonchev–Trinajstić information content (AvgIpc) is 2.77. The smallest absolute Gasteiger partial charge is 0.305 e. The molecule has 0 saturated carbocycles. The van der Waals surface area contributed by atoms with Gasteiger partial charge in [0.1, 0.15) is 11.5 Å². The minimum absolute atomic E-state index is 0.0185. The molecule has 0 aliphatic carbocycles. The van der Waals surface area contributed by atoms with E-state index in [0.717, 1.165) is 5.75 Å². The van der Waals surface area contributed by atoms with E-state index in [9.17, 15) is 19.7 Å². The number of aliphatic carboxylic acids is 1. The molecule has 0 amide bonds. The summed E-state index contributed by atoms with van der Waals surface area (Å²) in [6.45, 7) is 4.68. The Morgan fingerprint density at radius 1 is 1.03 bits per heavy atom. The predicted octanol–water partition coefficient (Wildman–Crippen LogP) is 4.41. The highest BCUT2D eigenvalue weighted by Crippen LogP contribution is 2.18. The third-order valence-electron chi connectivity index (χ3n) is 4.15. The van der Waals surface area contributed by atoms with Crippen molar-refractivity contribution in [3.8, 4) is 11.5 Å². The molecule has 0 aliphatic heterocycles. The van der Waals surface area contributed by atoms with E-state index >= 15 is 0 Å². The fourth-order valence-electron chi connectivity index (χ4n) is 2.38. The Labute approximate surface area is 187 Å².